The number of hydrogen-bond acceptors (Lipinski definition) is 5. The van der Waals surface area contributed by atoms with Gasteiger partial charge in [-0.2, -0.15) is 0 Å². The van der Waals surface area contributed by atoms with Crippen LogP contribution in [-0.4, -0.2) is 45.5 Å². The average molecular weight is 319 g/mol. The van der Waals surface area contributed by atoms with Gasteiger partial charge in [-0.05, 0) is 26.8 Å². The standard InChI is InChI=1S/C4H7NO.C4H8O.3C2H4O.C2H6/c1-3-4(6)5-2;1-3-4-5-2;3*1-2-3;1-2/h3H,1H2,2H3,(H,5,6);3H,1,4H2,2H3;3*2H,1H3;1-2H3. The highest BCUT2D eigenvalue weighted by molar-refractivity contribution is 5.86. The first-order valence-corrected chi connectivity index (χ1v) is 6.60. The number of nitrogens with one attached hydrogen (secondary N) is 1. The van der Waals surface area contributed by atoms with E-state index in [2.05, 4.69) is 23.2 Å². The Morgan fingerprint density at radius 1 is 1.00 bits per heavy atom. The number of carbonyl (C=O) groups excluding carboxylic acids is 4. The molecule has 0 radical (unpaired) electrons. The van der Waals surface area contributed by atoms with Crippen LogP contribution in [0.25, 0.3) is 0 Å². The molecule has 0 aromatic rings. The third kappa shape index (κ3) is 334. The Bertz CT molecular complexity index is 214. The SMILES string of the molecule is C=CC(=O)NC.C=CCOC.CC.CC=O.CC=O.CC=O. The van der Waals surface area contributed by atoms with Gasteiger partial charge in [-0.15, -0.1) is 6.58 Å². The highest BCUT2D eigenvalue weighted by Crippen LogP contribution is 1.60. The maximum atomic E-state index is 9.95. The molecule has 0 atom stereocenters. The van der Waals surface area contributed by atoms with E-state index in [0.29, 0.717) is 6.61 Å². The van der Waals surface area contributed by atoms with Crippen molar-refractivity contribution in [2.75, 3.05) is 20.8 Å². The lowest BCUT2D eigenvalue weighted by Crippen LogP contribution is -2.13. The fourth-order valence-corrected chi connectivity index (χ4v) is 0.220. The second-order valence-corrected chi connectivity index (χ2v) is 2.27. The maximum Gasteiger partial charge on any atom is 0.243 e. The largest absolute Gasteiger partial charge is 0.381 e. The summed E-state index contributed by atoms with van der Waals surface area (Å²) in [4.78, 5) is 36.4. The minimum absolute atomic E-state index is 0.144. The van der Waals surface area contributed by atoms with E-state index in [1.807, 2.05) is 13.8 Å². The first kappa shape index (κ1) is 36.8. The van der Waals surface area contributed by atoms with E-state index in [1.165, 1.54) is 26.8 Å². The molecule has 1 N–H and O–H groups in total. The van der Waals surface area contributed by atoms with Gasteiger partial charge in [0.15, 0.2) is 0 Å². The number of likely N-dealkylation sites (N-methyl/N-ethyl adjacent to an activating group) is 1. The Kier molecular flexibility index (Phi) is 128. The topological polar surface area (TPSA) is 89.5 Å². The number of methoxy groups -OCH3 is 1. The van der Waals surface area contributed by atoms with Crippen LogP contribution in [0.2, 0.25) is 0 Å². The van der Waals surface area contributed by atoms with Crippen molar-refractivity contribution >= 4 is 24.8 Å². The zero-order valence-corrected chi connectivity index (χ0v) is 15.0. The minimum atomic E-state index is -0.144. The summed E-state index contributed by atoms with van der Waals surface area (Å²) in [5.74, 6) is -0.144. The zero-order valence-electron chi connectivity index (χ0n) is 15.0. The van der Waals surface area contributed by atoms with Crippen molar-refractivity contribution in [1.29, 1.82) is 0 Å². The van der Waals surface area contributed by atoms with Gasteiger partial charge in [0.25, 0.3) is 0 Å². The summed E-state index contributed by atoms with van der Waals surface area (Å²) in [5, 5.41) is 2.36. The van der Waals surface area contributed by atoms with Crippen molar-refractivity contribution in [3.8, 4) is 0 Å². The first-order chi connectivity index (χ1) is 10.5. The van der Waals surface area contributed by atoms with Gasteiger partial charge in [0.05, 0.1) is 6.61 Å². The normalized spacial score (nSPS) is 5.59. The van der Waals surface area contributed by atoms with E-state index in [9.17, 15) is 4.79 Å². The lowest BCUT2D eigenvalue weighted by Gasteiger charge is -1.82. The number of rotatable bonds is 3. The summed E-state index contributed by atoms with van der Waals surface area (Å²) >= 11 is 0. The van der Waals surface area contributed by atoms with Crippen LogP contribution in [0.1, 0.15) is 34.6 Å². The molecule has 0 saturated heterocycles. The summed E-state index contributed by atoms with van der Waals surface area (Å²) in [7, 11) is 3.20. The molecule has 22 heavy (non-hydrogen) atoms. The Labute approximate surface area is 135 Å². The van der Waals surface area contributed by atoms with Crippen molar-refractivity contribution in [3.63, 3.8) is 0 Å². The summed E-state index contributed by atoms with van der Waals surface area (Å²) in [5.41, 5.74) is 0. The molecule has 132 valence electrons. The number of amides is 1. The molecule has 0 unspecified atom stereocenters. The second kappa shape index (κ2) is 76.4. The average Bonchev–Trinajstić information content (AvgIpc) is 2.52. The zero-order chi connectivity index (χ0) is 19.2. The van der Waals surface area contributed by atoms with Crippen molar-refractivity contribution in [1.82, 2.24) is 5.32 Å². The molecule has 0 saturated carbocycles. The van der Waals surface area contributed by atoms with E-state index in [4.69, 9.17) is 14.4 Å². The third-order valence-corrected chi connectivity index (χ3v) is 0.716. The molecule has 0 fully saturated rings. The lowest BCUT2D eigenvalue weighted by molar-refractivity contribution is -0.116. The van der Waals surface area contributed by atoms with Crippen LogP contribution in [-0.2, 0) is 23.9 Å². The Morgan fingerprint density at radius 2 is 1.27 bits per heavy atom. The maximum absolute atomic E-state index is 9.95. The van der Waals surface area contributed by atoms with E-state index in [1.54, 1.807) is 20.2 Å². The van der Waals surface area contributed by atoms with E-state index < -0.39 is 0 Å². The van der Waals surface area contributed by atoms with Gasteiger partial charge in [0, 0.05) is 14.2 Å². The van der Waals surface area contributed by atoms with E-state index >= 15 is 0 Å². The Balaban J connectivity index is -0.0000000365. The summed E-state index contributed by atoms with van der Waals surface area (Å²) in [6.07, 6.45) is 5.18. The molecule has 0 aliphatic heterocycles. The van der Waals surface area contributed by atoms with Gasteiger partial charge >= 0.3 is 0 Å². The smallest absolute Gasteiger partial charge is 0.243 e. The molecule has 0 aromatic heterocycles. The van der Waals surface area contributed by atoms with Gasteiger partial charge in [-0.3, -0.25) is 4.79 Å². The molecule has 1 amide bonds. The third-order valence-electron chi connectivity index (χ3n) is 0.716. The predicted octanol–water partition coefficient (Wildman–Crippen LogP) is 2.38. The number of aldehydes is 3. The first-order valence-electron chi connectivity index (χ1n) is 6.60. The van der Waals surface area contributed by atoms with Gasteiger partial charge in [-0.1, -0.05) is 26.5 Å². The minimum Gasteiger partial charge on any atom is -0.381 e. The molecular formula is C16H33NO5. The van der Waals surface area contributed by atoms with Crippen LogP contribution < -0.4 is 5.32 Å². The Morgan fingerprint density at radius 3 is 1.27 bits per heavy atom. The van der Waals surface area contributed by atoms with Gasteiger partial charge in [-0.25, -0.2) is 0 Å². The van der Waals surface area contributed by atoms with Crippen LogP contribution in [0.4, 0.5) is 0 Å². The van der Waals surface area contributed by atoms with Crippen LogP contribution >= 0.6 is 0 Å². The predicted molar refractivity (Wildman–Crippen MR) is 92.9 cm³/mol. The van der Waals surface area contributed by atoms with Crippen molar-refractivity contribution in [3.05, 3.63) is 25.3 Å². The highest BCUT2D eigenvalue weighted by Gasteiger charge is 1.78. The van der Waals surface area contributed by atoms with E-state index in [-0.39, 0.29) is 5.91 Å². The van der Waals surface area contributed by atoms with Crippen LogP contribution in [0.15, 0.2) is 25.3 Å². The second-order valence-electron chi connectivity index (χ2n) is 2.27. The molecule has 0 aliphatic rings. The summed E-state index contributed by atoms with van der Waals surface area (Å²) < 4.78 is 4.57. The fraction of sp³-hybridized carbons (Fsp3) is 0.500. The number of ether oxygens (including phenoxy) is 1. The van der Waals surface area contributed by atoms with Gasteiger partial charge in [0.2, 0.25) is 5.91 Å². The quantitative estimate of drug-likeness (QED) is 0.490. The van der Waals surface area contributed by atoms with Crippen LogP contribution in [0, 0.1) is 0 Å². The van der Waals surface area contributed by atoms with Crippen molar-refractivity contribution < 1.29 is 23.9 Å². The number of carbonyl (C=O) groups is 4. The van der Waals surface area contributed by atoms with Crippen LogP contribution in [0.5, 0.6) is 0 Å². The fourth-order valence-electron chi connectivity index (χ4n) is 0.220. The van der Waals surface area contributed by atoms with E-state index in [0.717, 1.165) is 18.9 Å². The van der Waals surface area contributed by atoms with Crippen molar-refractivity contribution in [2.24, 2.45) is 0 Å². The monoisotopic (exact) mass is 319 g/mol. The van der Waals surface area contributed by atoms with Gasteiger partial charge in [0.1, 0.15) is 18.9 Å². The molecule has 0 aromatic carbocycles. The molecule has 0 rings (SSSR count). The number of hydrogen-bond donors (Lipinski definition) is 1. The van der Waals surface area contributed by atoms with Crippen molar-refractivity contribution in [2.45, 2.75) is 34.6 Å². The Hall–Kier alpha value is -2.08. The molecular weight excluding hydrogens is 286 g/mol. The molecule has 0 bridgehead atoms. The van der Waals surface area contributed by atoms with Gasteiger partial charge < -0.3 is 24.4 Å². The molecule has 0 aliphatic carbocycles. The van der Waals surface area contributed by atoms with Crippen LogP contribution in [0.3, 0.4) is 0 Å². The summed E-state index contributed by atoms with van der Waals surface area (Å²) in [6.45, 7) is 15.6. The molecule has 0 heterocycles. The summed E-state index contributed by atoms with van der Waals surface area (Å²) in [6, 6.07) is 0. The molecule has 6 heteroatoms. The molecule has 6 nitrogen and oxygen atoms in total. The molecule has 0 spiro atoms. The lowest BCUT2D eigenvalue weighted by atomic mass is 10.6. The highest BCUT2D eigenvalue weighted by atomic mass is 16.5.